The summed E-state index contributed by atoms with van der Waals surface area (Å²) >= 11 is 0. The number of nitrogens with two attached hydrogens (primary N) is 1. The fourth-order valence-electron chi connectivity index (χ4n) is 1.47. The molecule has 0 heterocycles. The summed E-state index contributed by atoms with van der Waals surface area (Å²) in [5.74, 6) is 0. The van der Waals surface area contributed by atoms with Crippen LogP contribution in [0.5, 0.6) is 0 Å². The van der Waals surface area contributed by atoms with Crippen LogP contribution in [0.3, 0.4) is 0 Å². The van der Waals surface area contributed by atoms with Crippen molar-refractivity contribution in [3.05, 3.63) is 59.8 Å². The Morgan fingerprint density at radius 1 is 1.18 bits per heavy atom. The Hall–Kier alpha value is -1.50. The second-order valence-electron chi connectivity index (χ2n) is 5.56. The fourth-order valence-corrected chi connectivity index (χ4v) is 1.47. The third-order valence-corrected chi connectivity index (χ3v) is 2.46. The summed E-state index contributed by atoms with van der Waals surface area (Å²) in [5.41, 5.74) is 8.39. The van der Waals surface area contributed by atoms with Gasteiger partial charge in [0.2, 0.25) is 0 Å². The first kappa shape index (κ1) is 13.6. The van der Waals surface area contributed by atoms with Crippen LogP contribution < -0.4 is 5.73 Å². The van der Waals surface area contributed by atoms with Crippen LogP contribution in [0.1, 0.15) is 32.8 Å². The van der Waals surface area contributed by atoms with E-state index in [1.165, 1.54) is 5.56 Å². The Bertz CT molecular complexity index is 380. The lowest BCUT2D eigenvalue weighted by Gasteiger charge is -2.14. The monoisotopic (exact) mass is 229 g/mol. The molecule has 0 fully saturated rings. The van der Waals surface area contributed by atoms with E-state index in [4.69, 9.17) is 5.73 Å². The standard InChI is InChI=1S/C16H23N/c1-16(2,3)13-7-10-15(17)12-11-14-8-5-4-6-9-14/h4-10,12H,11,13,17H2,1-3H3. The maximum absolute atomic E-state index is 5.93. The summed E-state index contributed by atoms with van der Waals surface area (Å²) in [5, 5.41) is 0. The van der Waals surface area contributed by atoms with E-state index in [0.717, 1.165) is 18.5 Å². The molecular weight excluding hydrogens is 206 g/mol. The zero-order valence-corrected chi connectivity index (χ0v) is 11.1. The summed E-state index contributed by atoms with van der Waals surface area (Å²) in [4.78, 5) is 0. The summed E-state index contributed by atoms with van der Waals surface area (Å²) in [6.45, 7) is 6.67. The van der Waals surface area contributed by atoms with Crippen LogP contribution in [0.25, 0.3) is 0 Å². The van der Waals surface area contributed by atoms with Gasteiger partial charge in [-0.25, -0.2) is 0 Å². The van der Waals surface area contributed by atoms with Gasteiger partial charge in [-0.3, -0.25) is 0 Å². The first-order valence-corrected chi connectivity index (χ1v) is 6.13. The summed E-state index contributed by atoms with van der Waals surface area (Å²) in [6, 6.07) is 10.4. The van der Waals surface area contributed by atoms with E-state index >= 15 is 0 Å². The smallest absolute Gasteiger partial charge is 0.0273 e. The molecule has 1 heteroatoms. The van der Waals surface area contributed by atoms with Crippen molar-refractivity contribution < 1.29 is 0 Å². The Kier molecular flexibility index (Phi) is 5.02. The average Bonchev–Trinajstić information content (AvgIpc) is 2.26. The van der Waals surface area contributed by atoms with Gasteiger partial charge in [-0.15, -0.1) is 0 Å². The van der Waals surface area contributed by atoms with Gasteiger partial charge >= 0.3 is 0 Å². The molecule has 1 rings (SSSR count). The lowest BCUT2D eigenvalue weighted by molar-refractivity contribution is 0.420. The summed E-state index contributed by atoms with van der Waals surface area (Å²) in [6.07, 6.45) is 8.17. The number of hydrogen-bond donors (Lipinski definition) is 1. The number of allylic oxidation sites excluding steroid dienone is 3. The van der Waals surface area contributed by atoms with Gasteiger partial charge < -0.3 is 5.73 Å². The van der Waals surface area contributed by atoms with Crippen molar-refractivity contribution in [1.82, 2.24) is 0 Å². The highest BCUT2D eigenvalue weighted by Crippen LogP contribution is 2.18. The molecule has 1 aromatic rings. The van der Waals surface area contributed by atoms with Crippen molar-refractivity contribution in [2.75, 3.05) is 0 Å². The molecule has 1 nitrogen and oxygen atoms in total. The fraction of sp³-hybridized carbons (Fsp3) is 0.375. The molecule has 1 aromatic carbocycles. The molecule has 0 saturated heterocycles. The molecule has 0 spiro atoms. The van der Waals surface area contributed by atoms with Gasteiger partial charge in [-0.05, 0) is 29.9 Å². The normalized spacial score (nSPS) is 13.2. The molecule has 0 amide bonds. The van der Waals surface area contributed by atoms with Crippen LogP contribution in [0, 0.1) is 5.41 Å². The predicted molar refractivity (Wildman–Crippen MR) is 75.6 cm³/mol. The average molecular weight is 229 g/mol. The number of hydrogen-bond acceptors (Lipinski definition) is 1. The van der Waals surface area contributed by atoms with Gasteiger partial charge in [-0.1, -0.05) is 63.3 Å². The molecule has 0 atom stereocenters. The minimum atomic E-state index is 0.330. The second-order valence-corrected chi connectivity index (χ2v) is 5.56. The molecule has 17 heavy (non-hydrogen) atoms. The Morgan fingerprint density at radius 3 is 2.41 bits per heavy atom. The molecule has 92 valence electrons. The van der Waals surface area contributed by atoms with E-state index in [2.05, 4.69) is 57.2 Å². The predicted octanol–water partition coefficient (Wildman–Crippen LogP) is 4.06. The van der Waals surface area contributed by atoms with Crippen LogP contribution in [-0.2, 0) is 6.42 Å². The lowest BCUT2D eigenvalue weighted by Crippen LogP contribution is -2.02. The van der Waals surface area contributed by atoms with E-state index < -0.39 is 0 Å². The Morgan fingerprint density at radius 2 is 1.82 bits per heavy atom. The molecule has 0 saturated carbocycles. The van der Waals surface area contributed by atoms with Crippen molar-refractivity contribution >= 4 is 0 Å². The maximum atomic E-state index is 5.93. The minimum Gasteiger partial charge on any atom is -0.399 e. The van der Waals surface area contributed by atoms with E-state index in [0.29, 0.717) is 5.41 Å². The van der Waals surface area contributed by atoms with Gasteiger partial charge in [0.05, 0.1) is 0 Å². The van der Waals surface area contributed by atoms with Crippen molar-refractivity contribution in [3.8, 4) is 0 Å². The largest absolute Gasteiger partial charge is 0.399 e. The minimum absolute atomic E-state index is 0.330. The van der Waals surface area contributed by atoms with Crippen molar-refractivity contribution in [3.63, 3.8) is 0 Å². The molecule has 0 aliphatic rings. The highest BCUT2D eigenvalue weighted by Gasteiger charge is 2.06. The van der Waals surface area contributed by atoms with Crippen LogP contribution in [0.15, 0.2) is 54.3 Å². The summed E-state index contributed by atoms with van der Waals surface area (Å²) in [7, 11) is 0. The first-order chi connectivity index (χ1) is 7.97. The third-order valence-electron chi connectivity index (χ3n) is 2.46. The molecule has 0 aromatic heterocycles. The zero-order chi connectivity index (χ0) is 12.7. The Labute approximate surface area is 105 Å². The second kappa shape index (κ2) is 6.29. The highest BCUT2D eigenvalue weighted by atomic mass is 14.5. The van der Waals surface area contributed by atoms with Crippen molar-refractivity contribution in [2.24, 2.45) is 11.1 Å². The molecule has 2 N–H and O–H groups in total. The maximum Gasteiger partial charge on any atom is 0.0273 e. The van der Waals surface area contributed by atoms with Crippen LogP contribution in [-0.4, -0.2) is 0 Å². The lowest BCUT2D eigenvalue weighted by atomic mass is 9.92. The van der Waals surface area contributed by atoms with E-state index in [9.17, 15) is 0 Å². The SMILES string of the molecule is CC(C)(C)CC=CC(N)=CCc1ccccc1. The number of rotatable bonds is 4. The van der Waals surface area contributed by atoms with Gasteiger partial charge in [0.1, 0.15) is 0 Å². The van der Waals surface area contributed by atoms with Crippen molar-refractivity contribution in [2.45, 2.75) is 33.6 Å². The zero-order valence-electron chi connectivity index (χ0n) is 11.1. The molecule has 0 aliphatic carbocycles. The molecule has 0 bridgehead atoms. The third kappa shape index (κ3) is 6.62. The molecule has 0 unspecified atom stereocenters. The van der Waals surface area contributed by atoms with Crippen LogP contribution in [0.4, 0.5) is 0 Å². The van der Waals surface area contributed by atoms with Gasteiger partial charge in [0.25, 0.3) is 0 Å². The van der Waals surface area contributed by atoms with Crippen LogP contribution in [0.2, 0.25) is 0 Å². The highest BCUT2D eigenvalue weighted by molar-refractivity contribution is 5.22. The first-order valence-electron chi connectivity index (χ1n) is 6.13. The molecular formula is C16H23N. The topological polar surface area (TPSA) is 26.0 Å². The van der Waals surface area contributed by atoms with Crippen LogP contribution >= 0.6 is 0 Å². The van der Waals surface area contributed by atoms with E-state index in [-0.39, 0.29) is 0 Å². The summed E-state index contributed by atoms with van der Waals surface area (Å²) < 4.78 is 0. The van der Waals surface area contributed by atoms with E-state index in [1.807, 2.05) is 12.1 Å². The van der Waals surface area contributed by atoms with E-state index in [1.54, 1.807) is 0 Å². The number of benzene rings is 1. The van der Waals surface area contributed by atoms with Crippen molar-refractivity contribution in [1.29, 1.82) is 0 Å². The van der Waals surface area contributed by atoms with Gasteiger partial charge in [0.15, 0.2) is 0 Å². The Balaban J connectivity index is 2.45. The van der Waals surface area contributed by atoms with Gasteiger partial charge in [-0.2, -0.15) is 0 Å². The van der Waals surface area contributed by atoms with Gasteiger partial charge in [0, 0.05) is 5.70 Å². The molecule has 0 aliphatic heterocycles. The quantitative estimate of drug-likeness (QED) is 0.774. The molecule has 0 radical (unpaired) electrons.